The van der Waals surface area contributed by atoms with E-state index < -0.39 is 6.04 Å². The van der Waals surface area contributed by atoms with Crippen molar-refractivity contribution in [2.75, 3.05) is 7.05 Å². The van der Waals surface area contributed by atoms with Crippen LogP contribution in [0.1, 0.15) is 23.2 Å². The summed E-state index contributed by atoms with van der Waals surface area (Å²) in [4.78, 5) is 24.3. The Morgan fingerprint density at radius 3 is 2.59 bits per heavy atom. The molecule has 7 nitrogen and oxygen atoms in total. The van der Waals surface area contributed by atoms with E-state index in [-0.39, 0.29) is 5.91 Å². The van der Waals surface area contributed by atoms with Crippen LogP contribution >= 0.6 is 23.5 Å². The Bertz CT molecular complexity index is 1360. The number of aromatic nitrogens is 3. The predicted octanol–water partition coefficient (Wildman–Crippen LogP) is 5.49. The van der Waals surface area contributed by atoms with Gasteiger partial charge in [-0.2, -0.15) is 5.26 Å². The fourth-order valence-electron chi connectivity index (χ4n) is 3.96. The average Bonchev–Trinajstić information content (AvgIpc) is 3.38. The fraction of sp³-hybridized carbons (Fsp3) is 0.214. The van der Waals surface area contributed by atoms with Crippen molar-refractivity contribution >= 4 is 29.5 Å². The highest BCUT2D eigenvalue weighted by atomic mass is 35.5. The van der Waals surface area contributed by atoms with Gasteiger partial charge in [0.25, 0.3) is 0 Å². The maximum Gasteiger partial charge on any atom is 0.240 e. The molecule has 2 aromatic carbocycles. The lowest BCUT2D eigenvalue weighted by atomic mass is 10.1. The molecule has 0 spiro atoms. The molecule has 1 unspecified atom stereocenters. The van der Waals surface area contributed by atoms with E-state index in [1.165, 1.54) is 18.3 Å². The monoisotopic (exact) mass is 530 g/mol. The van der Waals surface area contributed by atoms with Crippen LogP contribution in [-0.2, 0) is 17.9 Å². The Kier molecular flexibility index (Phi) is 8.96. The van der Waals surface area contributed by atoms with Crippen LogP contribution in [0.2, 0.25) is 5.02 Å². The first-order valence-electron chi connectivity index (χ1n) is 11.8. The van der Waals surface area contributed by atoms with Crippen LogP contribution in [0, 0.1) is 18.3 Å². The molecule has 0 saturated carbocycles. The number of rotatable bonds is 10. The summed E-state index contributed by atoms with van der Waals surface area (Å²) in [5, 5.41) is 9.99. The lowest BCUT2D eigenvalue weighted by molar-refractivity contribution is -0.132. The van der Waals surface area contributed by atoms with Gasteiger partial charge in [0.05, 0.1) is 11.1 Å². The fourth-order valence-corrected chi connectivity index (χ4v) is 5.17. The minimum Gasteiger partial charge on any atom is -0.340 e. The van der Waals surface area contributed by atoms with Crippen LogP contribution in [0.3, 0.4) is 0 Å². The molecule has 1 amide bonds. The van der Waals surface area contributed by atoms with Gasteiger partial charge in [-0.1, -0.05) is 48.0 Å². The Balaban J connectivity index is 1.46. The summed E-state index contributed by atoms with van der Waals surface area (Å²) in [6.45, 7) is 2.98. The number of halogens is 1. The van der Waals surface area contributed by atoms with Gasteiger partial charge in [0.15, 0.2) is 0 Å². The van der Waals surface area contributed by atoms with Crippen molar-refractivity contribution in [2.24, 2.45) is 0 Å². The lowest BCUT2D eigenvalue weighted by Gasteiger charge is -2.25. The second-order valence-corrected chi connectivity index (χ2v) is 9.92. The minimum absolute atomic E-state index is 0.0385. The molecule has 0 fully saturated rings. The number of carbonyl (C=O) groups is 1. The first-order chi connectivity index (χ1) is 18.0. The highest BCUT2D eigenvalue weighted by molar-refractivity contribution is 7.97. The van der Waals surface area contributed by atoms with Gasteiger partial charge in [0.2, 0.25) is 5.91 Å². The van der Waals surface area contributed by atoms with E-state index in [4.69, 9.17) is 11.6 Å². The van der Waals surface area contributed by atoms with Gasteiger partial charge in [-0.3, -0.25) is 4.79 Å². The zero-order chi connectivity index (χ0) is 26.2. The largest absolute Gasteiger partial charge is 0.340 e. The number of likely N-dealkylation sites (N-methyl/N-ethyl adjacent to an activating group) is 1. The topological polar surface area (TPSA) is 86.8 Å². The van der Waals surface area contributed by atoms with Crippen molar-refractivity contribution in [3.05, 3.63) is 101 Å². The van der Waals surface area contributed by atoms with Crippen molar-refractivity contribution in [3.63, 3.8) is 0 Å². The third kappa shape index (κ3) is 6.77. The molecule has 4 aromatic rings. The normalized spacial score (nSPS) is 11.6. The molecule has 2 aromatic heterocycles. The van der Waals surface area contributed by atoms with Gasteiger partial charge in [-0.25, -0.2) is 14.7 Å². The number of carbonyl (C=O) groups excluding carboxylic acids is 1. The Morgan fingerprint density at radius 1 is 1.14 bits per heavy atom. The summed E-state index contributed by atoms with van der Waals surface area (Å²) >= 11 is 7.78. The number of aryl methyl sites for hydroxylation is 2. The Hall–Kier alpha value is -3.64. The predicted molar refractivity (Wildman–Crippen MR) is 147 cm³/mol. The molecule has 0 radical (unpaired) electrons. The van der Waals surface area contributed by atoms with E-state index in [2.05, 4.69) is 20.8 Å². The number of hydrogen-bond donors (Lipinski definition) is 1. The number of nitrogens with one attached hydrogen (secondary N) is 1. The van der Waals surface area contributed by atoms with Gasteiger partial charge in [-0.15, -0.1) is 0 Å². The summed E-state index contributed by atoms with van der Waals surface area (Å²) in [6, 6.07) is 19.1. The summed E-state index contributed by atoms with van der Waals surface area (Å²) in [5.74, 6) is -0.0385. The van der Waals surface area contributed by atoms with Crippen LogP contribution in [0.4, 0.5) is 0 Å². The van der Waals surface area contributed by atoms with Crippen molar-refractivity contribution in [3.8, 4) is 17.2 Å². The zero-order valence-corrected chi connectivity index (χ0v) is 22.2. The molecule has 1 atom stereocenters. The van der Waals surface area contributed by atoms with Crippen molar-refractivity contribution in [1.82, 2.24) is 24.2 Å². The third-order valence-electron chi connectivity index (χ3n) is 6.01. The summed E-state index contributed by atoms with van der Waals surface area (Å²) < 4.78 is 5.21. The molecule has 4 rings (SSSR count). The van der Waals surface area contributed by atoms with Gasteiger partial charge in [-0.05, 0) is 60.2 Å². The van der Waals surface area contributed by atoms with Crippen molar-refractivity contribution < 1.29 is 4.79 Å². The Labute approximate surface area is 226 Å². The Morgan fingerprint density at radius 2 is 1.89 bits per heavy atom. The van der Waals surface area contributed by atoms with Crippen LogP contribution in [0.5, 0.6) is 0 Å². The standard InChI is InChI=1S/C28H27ClN6OS/c1-20-5-3-7-25(29)27(20)37-33-26(12-14-35-13-4-6-24(35)15-30)28(36)34(2)18-21-8-10-22(11-9-21)23-16-31-19-32-17-23/h3-11,13,16-17,19,26,33H,12,14,18H2,1-2H3. The molecule has 0 aliphatic carbocycles. The third-order valence-corrected chi connectivity index (χ3v) is 7.59. The highest BCUT2D eigenvalue weighted by Gasteiger charge is 2.23. The van der Waals surface area contributed by atoms with Gasteiger partial charge >= 0.3 is 0 Å². The van der Waals surface area contributed by atoms with E-state index in [0.29, 0.717) is 30.2 Å². The van der Waals surface area contributed by atoms with Gasteiger partial charge < -0.3 is 9.47 Å². The summed E-state index contributed by atoms with van der Waals surface area (Å²) in [5.41, 5.74) is 4.58. The van der Waals surface area contributed by atoms with Gasteiger partial charge in [0, 0.05) is 49.2 Å². The SMILES string of the molecule is Cc1cccc(Cl)c1SNC(CCn1cccc1C#N)C(=O)N(C)Cc1ccc(-c2cncnc2)cc1. The molecule has 188 valence electrons. The van der Waals surface area contributed by atoms with E-state index in [1.54, 1.807) is 30.4 Å². The molecular weight excluding hydrogens is 504 g/mol. The van der Waals surface area contributed by atoms with E-state index in [9.17, 15) is 10.1 Å². The summed E-state index contributed by atoms with van der Waals surface area (Å²) in [6.07, 6.45) is 7.42. The number of hydrogen-bond acceptors (Lipinski definition) is 6. The van der Waals surface area contributed by atoms with Crippen LogP contribution in [-0.4, -0.2) is 38.4 Å². The second kappa shape index (κ2) is 12.5. The van der Waals surface area contributed by atoms with Crippen LogP contribution in [0.15, 0.2) is 84.4 Å². The molecule has 0 saturated heterocycles. The molecule has 37 heavy (non-hydrogen) atoms. The number of amides is 1. The maximum atomic E-state index is 13.6. The lowest BCUT2D eigenvalue weighted by Crippen LogP contribution is -2.43. The molecule has 2 heterocycles. The number of nitrogens with zero attached hydrogens (tertiary/aromatic N) is 5. The average molecular weight is 531 g/mol. The van der Waals surface area contributed by atoms with E-state index in [1.807, 2.05) is 66.2 Å². The molecular formula is C28H27ClN6OS. The number of benzene rings is 2. The molecule has 0 bridgehead atoms. The van der Waals surface area contributed by atoms with Crippen LogP contribution < -0.4 is 4.72 Å². The quantitative estimate of drug-likeness (QED) is 0.273. The molecule has 0 aliphatic heterocycles. The van der Waals surface area contributed by atoms with Crippen molar-refractivity contribution in [2.45, 2.75) is 37.4 Å². The molecule has 1 N–H and O–H groups in total. The maximum absolute atomic E-state index is 13.6. The first kappa shape index (κ1) is 26.4. The first-order valence-corrected chi connectivity index (χ1v) is 13.0. The second-order valence-electron chi connectivity index (χ2n) is 8.66. The van der Waals surface area contributed by atoms with Gasteiger partial charge in [0.1, 0.15) is 18.1 Å². The molecule has 9 heteroatoms. The van der Waals surface area contributed by atoms with Crippen molar-refractivity contribution in [1.29, 1.82) is 5.26 Å². The van der Waals surface area contributed by atoms with Crippen LogP contribution in [0.25, 0.3) is 11.1 Å². The molecule has 0 aliphatic rings. The highest BCUT2D eigenvalue weighted by Crippen LogP contribution is 2.29. The van der Waals surface area contributed by atoms with E-state index >= 15 is 0 Å². The number of nitriles is 1. The smallest absolute Gasteiger partial charge is 0.240 e. The minimum atomic E-state index is -0.486. The zero-order valence-electron chi connectivity index (χ0n) is 20.6. The van der Waals surface area contributed by atoms with E-state index in [0.717, 1.165) is 27.1 Å². The summed E-state index contributed by atoms with van der Waals surface area (Å²) in [7, 11) is 1.80.